The Hall–Kier alpha value is -2.70. The Bertz CT molecular complexity index is 944. The maximum Gasteiger partial charge on any atom is 0.306 e. The van der Waals surface area contributed by atoms with Crippen molar-refractivity contribution in [3.63, 3.8) is 0 Å². The third kappa shape index (κ3) is 38.1. The molecule has 0 aliphatic rings. The first-order valence-corrected chi connectivity index (χ1v) is 20.1. The molecular formula is C44H74O6. The lowest BCUT2D eigenvalue weighted by Gasteiger charge is -2.12. The fourth-order valence-electron chi connectivity index (χ4n) is 5.25. The van der Waals surface area contributed by atoms with Crippen molar-refractivity contribution < 1.29 is 29.3 Å². The van der Waals surface area contributed by atoms with Crippen LogP contribution in [0.15, 0.2) is 72.9 Å². The lowest BCUT2D eigenvalue weighted by molar-refractivity contribution is -0.152. The van der Waals surface area contributed by atoms with E-state index in [0.29, 0.717) is 19.3 Å². The Kier molecular flexibility index (Phi) is 37.0. The monoisotopic (exact) mass is 699 g/mol. The second-order valence-electron chi connectivity index (χ2n) is 13.2. The third-order valence-corrected chi connectivity index (χ3v) is 8.30. The molecule has 2 N–H and O–H groups in total. The highest BCUT2D eigenvalue weighted by Crippen LogP contribution is 2.14. The summed E-state index contributed by atoms with van der Waals surface area (Å²) in [4.78, 5) is 23.9. The summed E-state index contributed by atoms with van der Waals surface area (Å²) in [7, 11) is 0. The summed E-state index contributed by atoms with van der Waals surface area (Å²) >= 11 is 0. The van der Waals surface area contributed by atoms with Crippen molar-refractivity contribution in [2.75, 3.05) is 13.2 Å². The van der Waals surface area contributed by atoms with Crippen molar-refractivity contribution in [3.05, 3.63) is 72.9 Å². The van der Waals surface area contributed by atoms with E-state index in [1.807, 2.05) is 30.4 Å². The summed E-state index contributed by atoms with van der Waals surface area (Å²) in [5, 5.41) is 20.1. The van der Waals surface area contributed by atoms with Crippen LogP contribution in [0.4, 0.5) is 0 Å². The first-order valence-electron chi connectivity index (χ1n) is 20.1. The molecule has 0 aromatic rings. The van der Waals surface area contributed by atoms with Crippen molar-refractivity contribution in [2.45, 2.75) is 180 Å². The van der Waals surface area contributed by atoms with Crippen molar-refractivity contribution in [2.24, 2.45) is 0 Å². The van der Waals surface area contributed by atoms with E-state index in [4.69, 9.17) is 9.47 Å². The Morgan fingerprint density at radius 1 is 0.520 bits per heavy atom. The molecule has 0 heterocycles. The number of unbranched alkanes of at least 4 members (excludes halogenated alkanes) is 15. The molecule has 0 saturated heterocycles. The number of esters is 2. The number of hydrogen-bond acceptors (Lipinski definition) is 6. The minimum atomic E-state index is -1.03. The summed E-state index contributed by atoms with van der Waals surface area (Å²) in [6.07, 6.45) is 48.5. The Morgan fingerprint density at radius 3 is 1.50 bits per heavy atom. The van der Waals surface area contributed by atoms with Crippen molar-refractivity contribution in [1.82, 2.24) is 0 Å². The van der Waals surface area contributed by atoms with Crippen molar-refractivity contribution in [3.8, 4) is 0 Å². The minimum Gasteiger partial charge on any atom is -0.463 e. The number of carbonyl (C=O) groups is 2. The predicted octanol–water partition coefficient (Wildman–Crippen LogP) is 11.5. The van der Waals surface area contributed by atoms with Crippen LogP contribution < -0.4 is 0 Å². The first-order chi connectivity index (χ1) is 24.5. The van der Waals surface area contributed by atoms with Gasteiger partial charge in [0.05, 0.1) is 6.10 Å². The number of carbonyl (C=O) groups excluding carboxylic acids is 2. The molecule has 0 aromatic carbocycles. The molecule has 0 radical (unpaired) electrons. The minimum absolute atomic E-state index is 0.169. The Labute approximate surface area is 306 Å². The number of rotatable bonds is 35. The van der Waals surface area contributed by atoms with E-state index in [1.165, 1.54) is 83.5 Å². The van der Waals surface area contributed by atoms with Crippen LogP contribution in [0.1, 0.15) is 168 Å². The van der Waals surface area contributed by atoms with Crippen LogP contribution in [0.2, 0.25) is 0 Å². The van der Waals surface area contributed by atoms with Gasteiger partial charge >= 0.3 is 11.9 Å². The molecular weight excluding hydrogens is 624 g/mol. The second kappa shape index (κ2) is 39.1. The Morgan fingerprint density at radius 2 is 0.980 bits per heavy atom. The molecule has 0 spiro atoms. The fourth-order valence-corrected chi connectivity index (χ4v) is 5.25. The van der Waals surface area contributed by atoms with E-state index in [9.17, 15) is 19.8 Å². The molecule has 0 aliphatic carbocycles. The topological polar surface area (TPSA) is 93.1 Å². The molecule has 0 bridgehead atoms. The predicted molar refractivity (Wildman–Crippen MR) is 211 cm³/mol. The standard InChI is InChI=1S/C44H74O6/c1-3-5-7-9-11-13-15-17-18-19-21-23-25-27-29-33-37-43(47)49-39-42(46)40-50-44(48)38-34-30-32-36-41(45)35-31-28-26-24-22-20-16-14-12-10-8-6-4-2/h6,8,12,14,20,22,26,28,30-32,35,41-42,45-46H,3-5,7,9-11,13,15-19,21,23-25,27,29,33-34,36-40H2,1-2H3/b8-6-,14-12-,22-20-,28-26-,32-30-,35-31-/t41?,42-/m0/s1. The molecule has 286 valence electrons. The van der Waals surface area contributed by atoms with Gasteiger partial charge in [0, 0.05) is 12.8 Å². The summed E-state index contributed by atoms with van der Waals surface area (Å²) < 4.78 is 10.2. The van der Waals surface area contributed by atoms with Crippen LogP contribution in [0.25, 0.3) is 0 Å². The van der Waals surface area contributed by atoms with Gasteiger partial charge in [-0.3, -0.25) is 9.59 Å². The highest BCUT2D eigenvalue weighted by molar-refractivity contribution is 5.70. The van der Waals surface area contributed by atoms with Gasteiger partial charge < -0.3 is 19.7 Å². The average Bonchev–Trinajstić information content (AvgIpc) is 3.11. The highest BCUT2D eigenvalue weighted by atomic mass is 16.6. The molecule has 0 aliphatic heterocycles. The van der Waals surface area contributed by atoms with Gasteiger partial charge in [0.15, 0.2) is 0 Å². The molecule has 2 atom stereocenters. The molecule has 50 heavy (non-hydrogen) atoms. The zero-order valence-corrected chi connectivity index (χ0v) is 32.0. The zero-order valence-electron chi connectivity index (χ0n) is 32.0. The van der Waals surface area contributed by atoms with Crippen LogP contribution in [0.3, 0.4) is 0 Å². The number of ether oxygens (including phenoxy) is 2. The lowest BCUT2D eigenvalue weighted by Crippen LogP contribution is -2.25. The zero-order chi connectivity index (χ0) is 36.6. The van der Waals surface area contributed by atoms with E-state index >= 15 is 0 Å². The van der Waals surface area contributed by atoms with Crippen LogP contribution in [-0.4, -0.2) is 47.6 Å². The summed E-state index contributed by atoms with van der Waals surface area (Å²) in [6, 6.07) is 0. The van der Waals surface area contributed by atoms with Crippen LogP contribution in [-0.2, 0) is 19.1 Å². The molecule has 6 heteroatoms. The third-order valence-electron chi connectivity index (χ3n) is 8.30. The normalized spacial score (nSPS) is 13.6. The molecule has 6 nitrogen and oxygen atoms in total. The lowest BCUT2D eigenvalue weighted by atomic mass is 10.0. The number of allylic oxidation sites excluding steroid dienone is 10. The van der Waals surface area contributed by atoms with Crippen molar-refractivity contribution in [1.29, 1.82) is 0 Å². The highest BCUT2D eigenvalue weighted by Gasteiger charge is 2.11. The van der Waals surface area contributed by atoms with Crippen LogP contribution in [0, 0.1) is 0 Å². The van der Waals surface area contributed by atoms with Crippen molar-refractivity contribution >= 4 is 11.9 Å². The molecule has 0 rings (SSSR count). The van der Waals surface area contributed by atoms with E-state index in [2.05, 4.69) is 50.3 Å². The van der Waals surface area contributed by atoms with Gasteiger partial charge in [-0.15, -0.1) is 0 Å². The fraction of sp³-hybridized carbons (Fsp3) is 0.682. The van der Waals surface area contributed by atoms with Gasteiger partial charge in [0.25, 0.3) is 0 Å². The number of hydrogen-bond donors (Lipinski definition) is 2. The smallest absolute Gasteiger partial charge is 0.306 e. The van der Waals surface area contributed by atoms with Gasteiger partial charge in [-0.2, -0.15) is 0 Å². The molecule has 0 fully saturated rings. The first kappa shape index (κ1) is 47.3. The quantitative estimate of drug-likeness (QED) is 0.0296. The number of aliphatic hydroxyl groups excluding tert-OH is 2. The van der Waals surface area contributed by atoms with Crippen LogP contribution in [0.5, 0.6) is 0 Å². The van der Waals surface area contributed by atoms with Gasteiger partial charge in [-0.25, -0.2) is 0 Å². The van der Waals surface area contributed by atoms with E-state index < -0.39 is 18.2 Å². The summed E-state index contributed by atoms with van der Waals surface area (Å²) in [5.41, 5.74) is 0. The molecule has 0 amide bonds. The Balaban J connectivity index is 3.66. The van der Waals surface area contributed by atoms with E-state index in [-0.39, 0.29) is 25.6 Å². The van der Waals surface area contributed by atoms with Gasteiger partial charge in [0.2, 0.25) is 0 Å². The van der Waals surface area contributed by atoms with E-state index in [1.54, 1.807) is 6.08 Å². The molecule has 0 saturated carbocycles. The maximum absolute atomic E-state index is 12.0. The summed E-state index contributed by atoms with van der Waals surface area (Å²) in [5.74, 6) is -0.741. The van der Waals surface area contributed by atoms with Crippen LogP contribution >= 0.6 is 0 Å². The molecule has 0 aromatic heterocycles. The average molecular weight is 699 g/mol. The second-order valence-corrected chi connectivity index (χ2v) is 13.2. The van der Waals surface area contributed by atoms with E-state index in [0.717, 1.165) is 44.9 Å². The largest absolute Gasteiger partial charge is 0.463 e. The summed E-state index contributed by atoms with van der Waals surface area (Å²) in [6.45, 7) is 4.03. The maximum atomic E-state index is 12.0. The van der Waals surface area contributed by atoms with Gasteiger partial charge in [0.1, 0.15) is 19.3 Å². The molecule has 1 unspecified atom stereocenters. The SMILES string of the molecule is CC/C=C\C/C=C\C/C=C\C/C=C\C=C/C(O)C/C=C\CCC(=O)OC[C@@H](O)COC(=O)CCCCCCCCCCCCCCCCCC. The van der Waals surface area contributed by atoms with Gasteiger partial charge in [-0.05, 0) is 44.9 Å². The number of aliphatic hydroxyl groups is 2. The van der Waals surface area contributed by atoms with Gasteiger partial charge in [-0.1, -0.05) is 183 Å².